The minimum absolute atomic E-state index is 0.0439. The van der Waals surface area contributed by atoms with Crippen molar-refractivity contribution in [3.05, 3.63) is 69.9 Å². The molecule has 0 saturated heterocycles. The molecule has 2 aromatic heterocycles. The van der Waals surface area contributed by atoms with E-state index in [2.05, 4.69) is 10.1 Å². The van der Waals surface area contributed by atoms with Crippen LogP contribution in [-0.4, -0.2) is 35.1 Å². The molecule has 1 aromatic carbocycles. The number of nitrogens with zero attached hydrogens (tertiary/aromatic N) is 3. The summed E-state index contributed by atoms with van der Waals surface area (Å²) in [5.41, 5.74) is 5.40. The van der Waals surface area contributed by atoms with Gasteiger partial charge in [-0.1, -0.05) is 17.3 Å². The van der Waals surface area contributed by atoms with Crippen LogP contribution in [0.2, 0.25) is 0 Å². The van der Waals surface area contributed by atoms with Crippen molar-refractivity contribution >= 4 is 17.7 Å². The summed E-state index contributed by atoms with van der Waals surface area (Å²) in [5, 5.41) is 4.01. The van der Waals surface area contributed by atoms with E-state index in [1.165, 1.54) is 0 Å². The minimum atomic E-state index is -0.0439. The lowest BCUT2D eigenvalue weighted by Gasteiger charge is -2.20. The van der Waals surface area contributed by atoms with Crippen LogP contribution in [0.4, 0.5) is 0 Å². The second-order valence-electron chi connectivity index (χ2n) is 7.29. The summed E-state index contributed by atoms with van der Waals surface area (Å²) in [6, 6.07) is 7.68. The fourth-order valence-corrected chi connectivity index (χ4v) is 4.56. The number of aryl methyl sites for hydroxylation is 3. The number of aromatic nitrogens is 2. The quantitative estimate of drug-likeness (QED) is 0.503. The van der Waals surface area contributed by atoms with Crippen LogP contribution in [0.1, 0.15) is 44.2 Å². The topological polar surface area (TPSA) is 68.5 Å². The van der Waals surface area contributed by atoms with Crippen LogP contribution in [0, 0.1) is 27.7 Å². The number of hydrogen-bond donors (Lipinski definition) is 0. The maximum absolute atomic E-state index is 13.2. The predicted molar refractivity (Wildman–Crippen MR) is 118 cm³/mol. The number of ether oxygens (including phenoxy) is 1. The number of thioether (sulfide) groups is 1. The highest BCUT2D eigenvalue weighted by atomic mass is 32.2. The monoisotopic (exact) mass is 425 g/mol. The van der Waals surface area contributed by atoms with Gasteiger partial charge in [0.2, 0.25) is 0 Å². The van der Waals surface area contributed by atoms with Crippen LogP contribution in [0.5, 0.6) is 5.75 Å². The van der Waals surface area contributed by atoms with Crippen LogP contribution >= 0.6 is 11.8 Å². The van der Waals surface area contributed by atoms with Gasteiger partial charge in [-0.05, 0) is 39.8 Å². The van der Waals surface area contributed by atoms with Crippen LogP contribution in [0.3, 0.4) is 0 Å². The molecule has 3 aromatic rings. The number of methoxy groups -OCH3 is 1. The molecule has 3 rings (SSSR count). The van der Waals surface area contributed by atoms with Crippen LogP contribution in [0.25, 0.3) is 0 Å². The molecule has 0 N–H and O–H groups in total. The standard InChI is InChI=1S/C23H27N3O3S/c1-14-11-24-20(15(2)22(14)28-6)12-26(5)23(27)18-9-7-8-10-21(18)30-13-19-16(3)25-29-17(19)4/h7-11H,12-13H2,1-6H3. The third-order valence-corrected chi connectivity index (χ3v) is 6.25. The first-order valence-corrected chi connectivity index (χ1v) is 10.7. The predicted octanol–water partition coefficient (Wildman–Crippen LogP) is 4.88. The van der Waals surface area contributed by atoms with Gasteiger partial charge in [-0.3, -0.25) is 9.78 Å². The van der Waals surface area contributed by atoms with Gasteiger partial charge >= 0.3 is 0 Å². The summed E-state index contributed by atoms with van der Waals surface area (Å²) in [6.07, 6.45) is 1.78. The van der Waals surface area contributed by atoms with Gasteiger partial charge in [0.15, 0.2) is 0 Å². The molecule has 0 radical (unpaired) electrons. The lowest BCUT2D eigenvalue weighted by Crippen LogP contribution is -2.27. The number of benzene rings is 1. The van der Waals surface area contributed by atoms with E-state index in [0.29, 0.717) is 17.9 Å². The molecular formula is C23H27N3O3S. The number of pyridine rings is 1. The molecule has 7 heteroatoms. The van der Waals surface area contributed by atoms with E-state index in [4.69, 9.17) is 9.26 Å². The Hall–Kier alpha value is -2.80. The summed E-state index contributed by atoms with van der Waals surface area (Å²) in [4.78, 5) is 20.4. The third kappa shape index (κ3) is 4.51. The maximum atomic E-state index is 13.2. The second kappa shape index (κ2) is 9.34. The number of amides is 1. The summed E-state index contributed by atoms with van der Waals surface area (Å²) in [6.45, 7) is 8.18. The largest absolute Gasteiger partial charge is 0.496 e. The van der Waals surface area contributed by atoms with Crippen molar-refractivity contribution in [2.75, 3.05) is 14.2 Å². The van der Waals surface area contributed by atoms with E-state index in [9.17, 15) is 4.79 Å². The Morgan fingerprint density at radius 3 is 2.60 bits per heavy atom. The van der Waals surface area contributed by atoms with Crippen molar-refractivity contribution in [2.24, 2.45) is 0 Å². The van der Waals surface area contributed by atoms with Crippen molar-refractivity contribution in [1.82, 2.24) is 15.0 Å². The lowest BCUT2D eigenvalue weighted by molar-refractivity contribution is 0.0779. The van der Waals surface area contributed by atoms with Gasteiger partial charge in [0.25, 0.3) is 5.91 Å². The van der Waals surface area contributed by atoms with E-state index in [1.54, 1.807) is 37.0 Å². The molecule has 0 fully saturated rings. The van der Waals surface area contributed by atoms with E-state index in [1.807, 2.05) is 52.0 Å². The second-order valence-corrected chi connectivity index (χ2v) is 8.31. The molecule has 158 valence electrons. The van der Waals surface area contributed by atoms with Gasteiger partial charge in [0.05, 0.1) is 30.6 Å². The van der Waals surface area contributed by atoms with Gasteiger partial charge < -0.3 is 14.2 Å². The van der Waals surface area contributed by atoms with Gasteiger partial charge in [0, 0.05) is 40.6 Å². The van der Waals surface area contributed by atoms with Crippen LogP contribution in [0.15, 0.2) is 39.9 Å². The fraction of sp³-hybridized carbons (Fsp3) is 0.348. The van der Waals surface area contributed by atoms with E-state index in [0.717, 1.165) is 44.5 Å². The first kappa shape index (κ1) is 21.9. The minimum Gasteiger partial charge on any atom is -0.496 e. The fourth-order valence-electron chi connectivity index (χ4n) is 3.36. The summed E-state index contributed by atoms with van der Waals surface area (Å²) < 4.78 is 10.7. The summed E-state index contributed by atoms with van der Waals surface area (Å²) in [5.74, 6) is 2.29. The zero-order chi connectivity index (χ0) is 21.8. The number of hydrogen-bond acceptors (Lipinski definition) is 6. The molecule has 0 aliphatic carbocycles. The molecule has 30 heavy (non-hydrogen) atoms. The smallest absolute Gasteiger partial charge is 0.255 e. The Morgan fingerprint density at radius 2 is 1.93 bits per heavy atom. The highest BCUT2D eigenvalue weighted by Gasteiger charge is 2.19. The Bertz CT molecular complexity index is 1040. The Balaban J connectivity index is 1.78. The molecular weight excluding hydrogens is 398 g/mol. The van der Waals surface area contributed by atoms with Crippen LogP contribution < -0.4 is 4.74 Å². The zero-order valence-corrected chi connectivity index (χ0v) is 19.1. The Kier molecular flexibility index (Phi) is 6.82. The van der Waals surface area contributed by atoms with E-state index < -0.39 is 0 Å². The normalized spacial score (nSPS) is 10.9. The van der Waals surface area contributed by atoms with Crippen LogP contribution in [-0.2, 0) is 12.3 Å². The van der Waals surface area contributed by atoms with E-state index >= 15 is 0 Å². The molecule has 6 nitrogen and oxygen atoms in total. The molecule has 0 saturated carbocycles. The molecule has 0 spiro atoms. The maximum Gasteiger partial charge on any atom is 0.255 e. The van der Waals surface area contributed by atoms with Gasteiger partial charge in [-0.25, -0.2) is 0 Å². The molecule has 0 unspecified atom stereocenters. The third-order valence-electron chi connectivity index (χ3n) is 5.15. The first-order chi connectivity index (χ1) is 14.3. The van der Waals surface area contributed by atoms with Crippen molar-refractivity contribution in [3.8, 4) is 5.75 Å². The molecule has 0 atom stereocenters. The number of carbonyl (C=O) groups is 1. The van der Waals surface area contributed by atoms with E-state index in [-0.39, 0.29) is 5.91 Å². The first-order valence-electron chi connectivity index (χ1n) is 9.71. The molecule has 0 bridgehead atoms. The highest BCUT2D eigenvalue weighted by Crippen LogP contribution is 2.30. The molecule has 1 amide bonds. The number of rotatable bonds is 7. The van der Waals surface area contributed by atoms with Crippen molar-refractivity contribution in [1.29, 1.82) is 0 Å². The summed E-state index contributed by atoms with van der Waals surface area (Å²) in [7, 11) is 3.45. The molecule has 0 aliphatic rings. The Labute approximate surface area is 181 Å². The van der Waals surface area contributed by atoms with Gasteiger partial charge in [0.1, 0.15) is 11.5 Å². The van der Waals surface area contributed by atoms with Crippen molar-refractivity contribution < 1.29 is 14.1 Å². The van der Waals surface area contributed by atoms with Gasteiger partial charge in [-0.15, -0.1) is 11.8 Å². The Morgan fingerprint density at radius 1 is 1.20 bits per heavy atom. The summed E-state index contributed by atoms with van der Waals surface area (Å²) >= 11 is 1.61. The van der Waals surface area contributed by atoms with Gasteiger partial charge in [-0.2, -0.15) is 0 Å². The molecule has 2 heterocycles. The number of carbonyl (C=O) groups excluding carboxylic acids is 1. The highest BCUT2D eigenvalue weighted by molar-refractivity contribution is 7.98. The SMILES string of the molecule is COc1c(C)cnc(CN(C)C(=O)c2ccccc2SCc2c(C)noc2C)c1C. The lowest BCUT2D eigenvalue weighted by atomic mass is 10.1. The average molecular weight is 426 g/mol. The molecule has 0 aliphatic heterocycles. The van der Waals surface area contributed by atoms with Crippen molar-refractivity contribution in [3.63, 3.8) is 0 Å². The average Bonchev–Trinajstić information content (AvgIpc) is 3.06. The zero-order valence-electron chi connectivity index (χ0n) is 18.3. The van der Waals surface area contributed by atoms with Crippen molar-refractivity contribution in [2.45, 2.75) is 44.9 Å².